The van der Waals surface area contributed by atoms with E-state index >= 15 is 0 Å². The van der Waals surface area contributed by atoms with E-state index in [4.69, 9.17) is 9.47 Å². The summed E-state index contributed by atoms with van der Waals surface area (Å²) in [5.74, 6) is -0.512. The van der Waals surface area contributed by atoms with E-state index in [9.17, 15) is 9.59 Å². The minimum absolute atomic E-state index is 0.0211. The summed E-state index contributed by atoms with van der Waals surface area (Å²) in [6.07, 6.45) is 2.55. The molecule has 0 bridgehead atoms. The molecule has 0 spiro atoms. The number of imide groups is 1. The van der Waals surface area contributed by atoms with Crippen molar-refractivity contribution in [2.75, 3.05) is 34.0 Å². The van der Waals surface area contributed by atoms with Crippen molar-refractivity contribution in [3.8, 4) is 0 Å². The molecule has 0 atom stereocenters. The van der Waals surface area contributed by atoms with Crippen molar-refractivity contribution < 1.29 is 19.1 Å². The Balaban J connectivity index is 2.50. The van der Waals surface area contributed by atoms with Crippen LogP contribution >= 0.6 is 0 Å². The highest BCUT2D eigenvalue weighted by molar-refractivity contribution is 6.12. The minimum atomic E-state index is -0.266. The van der Waals surface area contributed by atoms with E-state index < -0.39 is 0 Å². The summed E-state index contributed by atoms with van der Waals surface area (Å²) in [6, 6.07) is 0. The van der Waals surface area contributed by atoms with E-state index in [0.29, 0.717) is 19.8 Å². The second-order valence-electron chi connectivity index (χ2n) is 3.40. The Morgan fingerprint density at radius 3 is 2.00 bits per heavy atom. The zero-order chi connectivity index (χ0) is 11.3. The molecule has 0 aliphatic carbocycles. The fourth-order valence-electron chi connectivity index (χ4n) is 1.49. The Morgan fingerprint density at radius 1 is 1.13 bits per heavy atom. The summed E-state index contributed by atoms with van der Waals surface area (Å²) in [6.45, 7) is 1.27. The molecule has 0 aromatic rings. The van der Waals surface area contributed by atoms with Crippen molar-refractivity contribution in [1.82, 2.24) is 4.90 Å². The monoisotopic (exact) mass is 213 g/mol. The lowest BCUT2D eigenvalue weighted by Crippen LogP contribution is -2.37. The molecule has 0 fully saturated rings. The van der Waals surface area contributed by atoms with Crippen LogP contribution in [0, 0.1) is 5.92 Å². The molecular weight excluding hydrogens is 198 g/mol. The SMILES string of the molecule is COCC(COC)CN1C(=O)C=CC1=O. The summed E-state index contributed by atoms with van der Waals surface area (Å²) >= 11 is 0. The van der Waals surface area contributed by atoms with E-state index in [1.807, 2.05) is 0 Å². The molecule has 1 rings (SSSR count). The van der Waals surface area contributed by atoms with Gasteiger partial charge in [-0.1, -0.05) is 0 Å². The molecular formula is C10H15NO4. The Kier molecular flexibility index (Phi) is 4.45. The molecule has 0 saturated heterocycles. The molecule has 1 aliphatic heterocycles. The largest absolute Gasteiger partial charge is 0.384 e. The van der Waals surface area contributed by atoms with Crippen molar-refractivity contribution in [2.24, 2.45) is 5.92 Å². The number of ether oxygens (including phenoxy) is 2. The molecule has 0 radical (unpaired) electrons. The van der Waals surface area contributed by atoms with Gasteiger partial charge in [-0.25, -0.2) is 0 Å². The van der Waals surface area contributed by atoms with Crippen molar-refractivity contribution in [2.45, 2.75) is 0 Å². The average molecular weight is 213 g/mol. The van der Waals surface area contributed by atoms with Gasteiger partial charge in [0.25, 0.3) is 11.8 Å². The number of amides is 2. The van der Waals surface area contributed by atoms with Crippen molar-refractivity contribution in [3.63, 3.8) is 0 Å². The molecule has 5 heteroatoms. The molecule has 0 aromatic carbocycles. The molecule has 84 valence electrons. The van der Waals surface area contributed by atoms with Gasteiger partial charge in [0.1, 0.15) is 0 Å². The maximum absolute atomic E-state index is 11.3. The zero-order valence-electron chi connectivity index (χ0n) is 8.93. The number of hydrogen-bond acceptors (Lipinski definition) is 4. The second-order valence-corrected chi connectivity index (χ2v) is 3.40. The predicted molar refractivity (Wildman–Crippen MR) is 53.1 cm³/mol. The first-order chi connectivity index (χ1) is 7.19. The lowest BCUT2D eigenvalue weighted by Gasteiger charge is -2.21. The Hall–Kier alpha value is -1.20. The highest BCUT2D eigenvalue weighted by Crippen LogP contribution is 2.08. The van der Waals surface area contributed by atoms with Crippen LogP contribution in [0.5, 0.6) is 0 Å². The average Bonchev–Trinajstić information content (AvgIpc) is 2.50. The van der Waals surface area contributed by atoms with Crippen molar-refractivity contribution in [3.05, 3.63) is 12.2 Å². The van der Waals surface area contributed by atoms with Gasteiger partial charge in [-0.2, -0.15) is 0 Å². The van der Waals surface area contributed by atoms with Crippen LogP contribution in [0.25, 0.3) is 0 Å². The molecule has 1 heterocycles. The van der Waals surface area contributed by atoms with Crippen LogP contribution in [0.3, 0.4) is 0 Å². The second kappa shape index (κ2) is 5.63. The smallest absolute Gasteiger partial charge is 0.253 e. The van der Waals surface area contributed by atoms with Crippen LogP contribution in [0.2, 0.25) is 0 Å². The number of rotatable bonds is 6. The van der Waals surface area contributed by atoms with Gasteiger partial charge in [-0.3, -0.25) is 14.5 Å². The highest BCUT2D eigenvalue weighted by atomic mass is 16.5. The molecule has 0 aromatic heterocycles. The maximum Gasteiger partial charge on any atom is 0.253 e. The summed E-state index contributed by atoms with van der Waals surface area (Å²) < 4.78 is 9.98. The Bertz CT molecular complexity index is 251. The third-order valence-electron chi connectivity index (χ3n) is 2.15. The van der Waals surface area contributed by atoms with Crippen molar-refractivity contribution in [1.29, 1.82) is 0 Å². The van der Waals surface area contributed by atoms with E-state index in [-0.39, 0.29) is 17.7 Å². The molecule has 2 amide bonds. The van der Waals surface area contributed by atoms with Crippen LogP contribution in [0.1, 0.15) is 0 Å². The third kappa shape index (κ3) is 3.14. The van der Waals surface area contributed by atoms with Gasteiger partial charge in [0.2, 0.25) is 0 Å². The van der Waals surface area contributed by atoms with Gasteiger partial charge in [-0.05, 0) is 0 Å². The van der Waals surface area contributed by atoms with Gasteiger partial charge in [0.05, 0.1) is 13.2 Å². The quantitative estimate of drug-likeness (QED) is 0.574. The fourth-order valence-corrected chi connectivity index (χ4v) is 1.49. The number of hydrogen-bond donors (Lipinski definition) is 0. The van der Waals surface area contributed by atoms with E-state index in [1.165, 1.54) is 17.1 Å². The Morgan fingerprint density at radius 2 is 1.60 bits per heavy atom. The van der Waals surface area contributed by atoms with E-state index in [0.717, 1.165) is 0 Å². The van der Waals surface area contributed by atoms with Gasteiger partial charge >= 0.3 is 0 Å². The molecule has 15 heavy (non-hydrogen) atoms. The first-order valence-corrected chi connectivity index (χ1v) is 4.70. The van der Waals surface area contributed by atoms with Crippen molar-refractivity contribution >= 4 is 11.8 Å². The van der Waals surface area contributed by atoms with Crippen LogP contribution in [0.15, 0.2) is 12.2 Å². The van der Waals surface area contributed by atoms with Gasteiger partial charge < -0.3 is 9.47 Å². The van der Waals surface area contributed by atoms with Crippen LogP contribution in [0.4, 0.5) is 0 Å². The first kappa shape index (κ1) is 11.9. The lowest BCUT2D eigenvalue weighted by atomic mass is 10.1. The number of carbonyl (C=O) groups is 2. The number of nitrogens with zero attached hydrogens (tertiary/aromatic N) is 1. The number of carbonyl (C=O) groups excluding carboxylic acids is 2. The predicted octanol–water partition coefficient (Wildman–Crippen LogP) is -0.180. The fraction of sp³-hybridized carbons (Fsp3) is 0.600. The summed E-state index contributed by atoms with van der Waals surface area (Å²) in [4.78, 5) is 23.7. The summed E-state index contributed by atoms with van der Waals surface area (Å²) in [5.41, 5.74) is 0. The topological polar surface area (TPSA) is 55.8 Å². The highest BCUT2D eigenvalue weighted by Gasteiger charge is 2.26. The van der Waals surface area contributed by atoms with Crippen LogP contribution in [-0.4, -0.2) is 50.7 Å². The maximum atomic E-state index is 11.3. The molecule has 0 unspecified atom stereocenters. The third-order valence-corrected chi connectivity index (χ3v) is 2.15. The molecule has 5 nitrogen and oxygen atoms in total. The lowest BCUT2D eigenvalue weighted by molar-refractivity contribution is -0.138. The van der Waals surface area contributed by atoms with E-state index in [1.54, 1.807) is 14.2 Å². The van der Waals surface area contributed by atoms with Gasteiger partial charge in [0.15, 0.2) is 0 Å². The summed E-state index contributed by atoms with van der Waals surface area (Å²) in [7, 11) is 3.16. The standard InChI is InChI=1S/C10H15NO4/c1-14-6-8(7-15-2)5-11-9(12)3-4-10(11)13/h3-4,8H,5-7H2,1-2H3. The van der Waals surface area contributed by atoms with Gasteiger partial charge in [-0.15, -0.1) is 0 Å². The summed E-state index contributed by atoms with van der Waals surface area (Å²) in [5, 5.41) is 0. The van der Waals surface area contributed by atoms with E-state index in [2.05, 4.69) is 0 Å². The Labute approximate surface area is 88.6 Å². The van der Waals surface area contributed by atoms with Crippen LogP contribution in [-0.2, 0) is 19.1 Å². The first-order valence-electron chi connectivity index (χ1n) is 4.70. The normalized spacial score (nSPS) is 15.8. The molecule has 1 aliphatic rings. The zero-order valence-corrected chi connectivity index (χ0v) is 8.93. The van der Waals surface area contributed by atoms with Gasteiger partial charge in [0, 0.05) is 38.8 Å². The minimum Gasteiger partial charge on any atom is -0.384 e. The molecule has 0 saturated carbocycles. The molecule has 0 N–H and O–H groups in total. The number of methoxy groups -OCH3 is 2. The van der Waals surface area contributed by atoms with Crippen LogP contribution < -0.4 is 0 Å².